The van der Waals surface area contributed by atoms with Crippen molar-refractivity contribution < 1.29 is 0 Å². The maximum Gasteiger partial charge on any atom is 0.0388 e. The summed E-state index contributed by atoms with van der Waals surface area (Å²) in [5.74, 6) is 0. The van der Waals surface area contributed by atoms with Crippen LogP contribution in [0.3, 0.4) is 0 Å². The second-order valence-electron chi connectivity index (χ2n) is 4.48. The fraction of sp³-hybridized carbons (Fsp3) is 0.667. The van der Waals surface area contributed by atoms with Gasteiger partial charge in [0.15, 0.2) is 0 Å². The molecule has 1 atom stereocenters. The van der Waals surface area contributed by atoms with Crippen LogP contribution in [-0.2, 0) is 0 Å². The van der Waals surface area contributed by atoms with Crippen molar-refractivity contribution in [3.05, 3.63) is 22.4 Å². The summed E-state index contributed by atoms with van der Waals surface area (Å²) in [5.41, 5.74) is 0. The molecule has 15 heavy (non-hydrogen) atoms. The molecule has 1 N–H and O–H groups in total. The zero-order valence-electron chi connectivity index (χ0n) is 9.57. The van der Waals surface area contributed by atoms with Gasteiger partial charge in [0.1, 0.15) is 0 Å². The lowest BCUT2D eigenvalue weighted by atomic mass is 10.0. The largest absolute Gasteiger partial charge is 0.307 e. The van der Waals surface area contributed by atoms with Crippen molar-refractivity contribution in [1.29, 1.82) is 0 Å². The van der Waals surface area contributed by atoms with Gasteiger partial charge in [-0.3, -0.25) is 0 Å². The Bertz CT molecular complexity index is 276. The highest BCUT2D eigenvalue weighted by Gasteiger charge is 2.18. The van der Waals surface area contributed by atoms with Crippen LogP contribution in [0.1, 0.15) is 30.7 Å². The van der Waals surface area contributed by atoms with Crippen LogP contribution in [0.25, 0.3) is 0 Å². The molecule has 2 nitrogen and oxygen atoms in total. The van der Waals surface area contributed by atoms with Crippen LogP contribution >= 0.6 is 11.3 Å². The molecule has 0 saturated carbocycles. The van der Waals surface area contributed by atoms with Gasteiger partial charge in [-0.15, -0.1) is 11.3 Å². The standard InChI is InChI=1S/C12H20N2S/c1-10(12-4-3-9-15-12)13-11-5-7-14(2)8-6-11/h3-4,9-11,13H,5-8H2,1-2H3/t10-/m1/s1. The van der Waals surface area contributed by atoms with Gasteiger partial charge in [-0.1, -0.05) is 6.07 Å². The predicted octanol–water partition coefficient (Wildman–Crippen LogP) is 2.49. The summed E-state index contributed by atoms with van der Waals surface area (Å²) in [7, 11) is 2.21. The first-order valence-electron chi connectivity index (χ1n) is 5.73. The predicted molar refractivity (Wildman–Crippen MR) is 66.4 cm³/mol. The first-order valence-corrected chi connectivity index (χ1v) is 6.61. The number of hydrogen-bond acceptors (Lipinski definition) is 3. The summed E-state index contributed by atoms with van der Waals surface area (Å²) in [6, 6.07) is 5.57. The zero-order valence-corrected chi connectivity index (χ0v) is 10.4. The van der Waals surface area contributed by atoms with Gasteiger partial charge in [0.25, 0.3) is 0 Å². The lowest BCUT2D eigenvalue weighted by molar-refractivity contribution is 0.227. The van der Waals surface area contributed by atoms with E-state index < -0.39 is 0 Å². The molecule has 1 aliphatic heterocycles. The molecular weight excluding hydrogens is 204 g/mol. The van der Waals surface area contributed by atoms with Crippen molar-refractivity contribution in [2.24, 2.45) is 0 Å². The molecule has 1 aromatic heterocycles. The van der Waals surface area contributed by atoms with Crippen LogP contribution in [0.4, 0.5) is 0 Å². The molecule has 1 fully saturated rings. The molecule has 1 aromatic rings. The van der Waals surface area contributed by atoms with Crippen LogP contribution in [0.5, 0.6) is 0 Å². The lowest BCUT2D eigenvalue weighted by Crippen LogP contribution is -2.41. The Hall–Kier alpha value is -0.380. The molecule has 0 radical (unpaired) electrons. The molecule has 84 valence electrons. The monoisotopic (exact) mass is 224 g/mol. The number of likely N-dealkylation sites (tertiary alicyclic amines) is 1. The average Bonchev–Trinajstić information content (AvgIpc) is 2.74. The second kappa shape index (κ2) is 5.10. The Morgan fingerprint density at radius 2 is 2.20 bits per heavy atom. The third-order valence-corrected chi connectivity index (χ3v) is 4.23. The van der Waals surface area contributed by atoms with E-state index in [1.165, 1.54) is 30.8 Å². The lowest BCUT2D eigenvalue weighted by Gasteiger charge is -2.31. The van der Waals surface area contributed by atoms with Gasteiger partial charge >= 0.3 is 0 Å². The molecule has 2 heterocycles. The summed E-state index contributed by atoms with van der Waals surface area (Å²) in [6.45, 7) is 4.73. The SMILES string of the molecule is C[C@@H](NC1CCN(C)CC1)c1cccs1. The van der Waals surface area contributed by atoms with E-state index in [-0.39, 0.29) is 0 Å². The van der Waals surface area contributed by atoms with E-state index in [2.05, 4.69) is 41.7 Å². The fourth-order valence-electron chi connectivity index (χ4n) is 2.15. The van der Waals surface area contributed by atoms with Gasteiger partial charge in [0.05, 0.1) is 0 Å². The second-order valence-corrected chi connectivity index (χ2v) is 5.46. The highest BCUT2D eigenvalue weighted by Crippen LogP contribution is 2.20. The number of nitrogens with one attached hydrogen (secondary N) is 1. The molecule has 0 spiro atoms. The van der Waals surface area contributed by atoms with Gasteiger partial charge in [-0.25, -0.2) is 0 Å². The molecular formula is C12H20N2S. The van der Waals surface area contributed by atoms with E-state index in [0.717, 1.165) is 0 Å². The third kappa shape index (κ3) is 3.03. The maximum atomic E-state index is 3.73. The van der Waals surface area contributed by atoms with Crippen molar-refractivity contribution in [2.45, 2.75) is 31.8 Å². The van der Waals surface area contributed by atoms with Crippen LogP contribution in [0.15, 0.2) is 17.5 Å². The summed E-state index contributed by atoms with van der Waals surface area (Å²) >= 11 is 1.85. The van der Waals surface area contributed by atoms with Crippen LogP contribution in [0, 0.1) is 0 Å². The normalized spacial score (nSPS) is 21.7. The minimum atomic E-state index is 0.512. The van der Waals surface area contributed by atoms with E-state index in [1.54, 1.807) is 0 Å². The van der Waals surface area contributed by atoms with Gasteiger partial charge in [0, 0.05) is 17.0 Å². The Kier molecular flexibility index (Phi) is 3.78. The summed E-state index contributed by atoms with van der Waals surface area (Å²) < 4.78 is 0. The molecule has 0 bridgehead atoms. The molecule has 1 aliphatic rings. The molecule has 0 aromatic carbocycles. The van der Waals surface area contributed by atoms with E-state index in [4.69, 9.17) is 0 Å². The fourth-order valence-corrected chi connectivity index (χ4v) is 2.89. The average molecular weight is 224 g/mol. The molecule has 3 heteroatoms. The minimum absolute atomic E-state index is 0.512. The van der Waals surface area contributed by atoms with Crippen molar-refractivity contribution in [1.82, 2.24) is 10.2 Å². The Morgan fingerprint density at radius 1 is 1.47 bits per heavy atom. The minimum Gasteiger partial charge on any atom is -0.307 e. The molecule has 1 saturated heterocycles. The van der Waals surface area contributed by atoms with Crippen molar-refractivity contribution in [3.8, 4) is 0 Å². The van der Waals surface area contributed by atoms with Crippen molar-refractivity contribution in [2.75, 3.05) is 20.1 Å². The number of nitrogens with zero attached hydrogens (tertiary/aromatic N) is 1. The molecule has 0 amide bonds. The third-order valence-electron chi connectivity index (χ3n) is 3.17. The van der Waals surface area contributed by atoms with E-state index in [9.17, 15) is 0 Å². The van der Waals surface area contributed by atoms with Gasteiger partial charge < -0.3 is 10.2 Å². The first-order chi connectivity index (χ1) is 7.25. The number of hydrogen-bond donors (Lipinski definition) is 1. The van der Waals surface area contributed by atoms with E-state index in [0.29, 0.717) is 12.1 Å². The van der Waals surface area contributed by atoms with E-state index in [1.807, 2.05) is 11.3 Å². The van der Waals surface area contributed by atoms with Crippen LogP contribution in [-0.4, -0.2) is 31.1 Å². The Morgan fingerprint density at radius 3 is 2.80 bits per heavy atom. The van der Waals surface area contributed by atoms with Crippen molar-refractivity contribution in [3.63, 3.8) is 0 Å². The van der Waals surface area contributed by atoms with Gasteiger partial charge in [0.2, 0.25) is 0 Å². The van der Waals surface area contributed by atoms with Crippen molar-refractivity contribution >= 4 is 11.3 Å². The van der Waals surface area contributed by atoms with Gasteiger partial charge in [-0.2, -0.15) is 0 Å². The summed E-state index contributed by atoms with van der Waals surface area (Å²) in [5, 5.41) is 5.88. The van der Waals surface area contributed by atoms with Crippen LogP contribution in [0.2, 0.25) is 0 Å². The highest BCUT2D eigenvalue weighted by molar-refractivity contribution is 7.10. The smallest absolute Gasteiger partial charge is 0.0388 e. The molecule has 2 rings (SSSR count). The molecule has 0 aliphatic carbocycles. The first kappa shape index (κ1) is 11.1. The van der Waals surface area contributed by atoms with Gasteiger partial charge in [-0.05, 0) is 51.3 Å². The number of thiophene rings is 1. The Labute approximate surface area is 96.3 Å². The maximum absolute atomic E-state index is 3.73. The van der Waals surface area contributed by atoms with Crippen LogP contribution < -0.4 is 5.32 Å². The summed E-state index contributed by atoms with van der Waals surface area (Å²) in [4.78, 5) is 3.86. The Balaban J connectivity index is 1.82. The number of piperidine rings is 1. The van der Waals surface area contributed by atoms with E-state index >= 15 is 0 Å². The summed E-state index contributed by atoms with van der Waals surface area (Å²) in [6.07, 6.45) is 2.57. The zero-order chi connectivity index (χ0) is 10.7. The number of rotatable bonds is 3. The highest BCUT2D eigenvalue weighted by atomic mass is 32.1. The topological polar surface area (TPSA) is 15.3 Å². The molecule has 0 unspecified atom stereocenters. The quantitative estimate of drug-likeness (QED) is 0.848.